The number of carbonyl (C=O) groups excluding carboxylic acids is 2. The second-order valence-electron chi connectivity index (χ2n) is 6.97. The summed E-state index contributed by atoms with van der Waals surface area (Å²) in [6.45, 7) is 2.58. The van der Waals surface area contributed by atoms with Crippen LogP contribution in [0.4, 0.5) is 4.39 Å². The number of carbonyl (C=O) groups is 2. The number of amides is 1. The van der Waals surface area contributed by atoms with Gasteiger partial charge in [0.25, 0.3) is 5.91 Å². The summed E-state index contributed by atoms with van der Waals surface area (Å²) in [4.78, 5) is 26.0. The number of ether oxygens (including phenoxy) is 1. The highest BCUT2D eigenvalue weighted by Gasteiger charge is 2.53. The maximum atomic E-state index is 14.3. The predicted octanol–water partition coefficient (Wildman–Crippen LogP) is 2.70. The van der Waals surface area contributed by atoms with E-state index in [2.05, 4.69) is 0 Å². The van der Waals surface area contributed by atoms with Crippen LogP contribution in [0.2, 0.25) is 0 Å². The van der Waals surface area contributed by atoms with Crippen molar-refractivity contribution in [2.75, 3.05) is 19.7 Å². The topological polar surface area (TPSA) is 46.6 Å². The van der Waals surface area contributed by atoms with E-state index in [1.807, 2.05) is 6.07 Å². The lowest BCUT2D eigenvalue weighted by molar-refractivity contribution is -0.143. The van der Waals surface area contributed by atoms with E-state index in [-0.39, 0.29) is 23.8 Å². The van der Waals surface area contributed by atoms with Gasteiger partial charge in [-0.15, -0.1) is 0 Å². The number of alkyl halides is 1. The second-order valence-corrected chi connectivity index (χ2v) is 6.97. The van der Waals surface area contributed by atoms with E-state index in [0.717, 1.165) is 18.4 Å². The summed E-state index contributed by atoms with van der Waals surface area (Å²) in [6.07, 6.45) is 3.11. The number of rotatable bonds is 4. The van der Waals surface area contributed by atoms with Crippen LogP contribution in [0.1, 0.15) is 54.1 Å². The summed E-state index contributed by atoms with van der Waals surface area (Å²) in [5.41, 5.74) is 1.02. The predicted molar refractivity (Wildman–Crippen MR) is 81.9 cm³/mol. The fraction of sp³-hybridized carbons (Fsp3) is 0.556. The van der Waals surface area contributed by atoms with Gasteiger partial charge in [0.15, 0.2) is 0 Å². The molecule has 0 bridgehead atoms. The Morgan fingerprint density at radius 2 is 2.04 bits per heavy atom. The fourth-order valence-corrected chi connectivity index (χ4v) is 3.61. The molecule has 1 aromatic carbocycles. The molecule has 0 atom stereocenters. The molecule has 1 aliphatic heterocycles. The molecular weight excluding hydrogens is 297 g/mol. The maximum Gasteiger partial charge on any atom is 0.325 e. The van der Waals surface area contributed by atoms with Gasteiger partial charge in [-0.3, -0.25) is 9.59 Å². The molecule has 0 saturated heterocycles. The van der Waals surface area contributed by atoms with Gasteiger partial charge in [-0.05, 0) is 49.8 Å². The monoisotopic (exact) mass is 317 g/mol. The SMILES string of the molecule is CCOC(=O)CN1CC2(CC2)c2cc(C3(F)CC3)ccc2C1=O. The van der Waals surface area contributed by atoms with Crippen molar-refractivity contribution >= 4 is 11.9 Å². The molecule has 4 rings (SSSR count). The van der Waals surface area contributed by atoms with E-state index >= 15 is 0 Å². The van der Waals surface area contributed by atoms with Crippen LogP contribution < -0.4 is 0 Å². The molecule has 122 valence electrons. The Labute approximate surface area is 134 Å². The standard InChI is InChI=1S/C18H20FNO3/c1-2-23-15(21)10-20-11-17(5-6-17)14-9-12(18(19)7-8-18)3-4-13(14)16(20)22/h3-4,9H,2,5-8,10-11H2,1H3. The first-order chi connectivity index (χ1) is 11.0. The molecule has 0 unspecified atom stereocenters. The van der Waals surface area contributed by atoms with Crippen molar-refractivity contribution in [3.8, 4) is 0 Å². The minimum atomic E-state index is -1.18. The van der Waals surface area contributed by atoms with Gasteiger partial charge in [0.2, 0.25) is 0 Å². The Kier molecular flexibility index (Phi) is 3.06. The highest BCUT2D eigenvalue weighted by molar-refractivity contribution is 5.99. The molecule has 1 amide bonds. The van der Waals surface area contributed by atoms with Gasteiger partial charge in [0, 0.05) is 17.5 Å². The van der Waals surface area contributed by atoms with Gasteiger partial charge in [-0.1, -0.05) is 12.1 Å². The lowest BCUT2D eigenvalue weighted by Gasteiger charge is -2.34. The van der Waals surface area contributed by atoms with Gasteiger partial charge in [-0.2, -0.15) is 0 Å². The summed E-state index contributed by atoms with van der Waals surface area (Å²) in [6, 6.07) is 5.37. The Bertz CT molecular complexity index is 692. The van der Waals surface area contributed by atoms with Crippen molar-refractivity contribution in [3.63, 3.8) is 0 Å². The van der Waals surface area contributed by atoms with E-state index in [4.69, 9.17) is 4.74 Å². The minimum absolute atomic E-state index is 0.0112. The zero-order chi connectivity index (χ0) is 16.2. The smallest absolute Gasteiger partial charge is 0.325 e. The molecule has 5 heteroatoms. The number of esters is 1. The first-order valence-electron chi connectivity index (χ1n) is 8.26. The molecule has 2 saturated carbocycles. The van der Waals surface area contributed by atoms with Crippen LogP contribution in [0.3, 0.4) is 0 Å². The zero-order valence-electron chi connectivity index (χ0n) is 13.2. The van der Waals surface area contributed by atoms with Crippen LogP contribution in [-0.2, 0) is 20.6 Å². The van der Waals surface area contributed by atoms with Crippen LogP contribution >= 0.6 is 0 Å². The van der Waals surface area contributed by atoms with Gasteiger partial charge in [-0.25, -0.2) is 4.39 Å². The molecule has 1 heterocycles. The lowest BCUT2D eigenvalue weighted by Crippen LogP contribution is -2.46. The first-order valence-corrected chi connectivity index (χ1v) is 8.26. The van der Waals surface area contributed by atoms with Crippen LogP contribution in [-0.4, -0.2) is 36.5 Å². The Morgan fingerprint density at radius 1 is 1.30 bits per heavy atom. The quantitative estimate of drug-likeness (QED) is 0.802. The molecular formula is C18H20FNO3. The lowest BCUT2D eigenvalue weighted by atomic mass is 9.84. The third kappa shape index (κ3) is 2.33. The van der Waals surface area contributed by atoms with Crippen LogP contribution in [0, 0.1) is 0 Å². The molecule has 0 aromatic heterocycles. The van der Waals surface area contributed by atoms with Gasteiger partial charge < -0.3 is 9.64 Å². The number of hydrogen-bond donors (Lipinski definition) is 0. The van der Waals surface area contributed by atoms with Crippen molar-refractivity contribution in [1.82, 2.24) is 4.90 Å². The highest BCUT2D eigenvalue weighted by atomic mass is 19.1. The summed E-state index contributed by atoms with van der Waals surface area (Å²) in [7, 11) is 0. The Hall–Kier alpha value is -1.91. The van der Waals surface area contributed by atoms with E-state index in [1.165, 1.54) is 0 Å². The molecule has 2 aliphatic carbocycles. The number of halogens is 1. The van der Waals surface area contributed by atoms with Crippen molar-refractivity contribution in [2.24, 2.45) is 0 Å². The Morgan fingerprint density at radius 3 is 2.65 bits per heavy atom. The fourth-order valence-electron chi connectivity index (χ4n) is 3.61. The molecule has 2 fully saturated rings. The average molecular weight is 317 g/mol. The zero-order valence-corrected chi connectivity index (χ0v) is 13.2. The van der Waals surface area contributed by atoms with Gasteiger partial charge in [0.05, 0.1) is 6.61 Å². The minimum Gasteiger partial charge on any atom is -0.465 e. The number of nitrogens with zero attached hydrogens (tertiary/aromatic N) is 1. The number of hydrogen-bond acceptors (Lipinski definition) is 3. The van der Waals surface area contributed by atoms with E-state index < -0.39 is 5.67 Å². The van der Waals surface area contributed by atoms with E-state index in [9.17, 15) is 14.0 Å². The van der Waals surface area contributed by atoms with E-state index in [1.54, 1.807) is 24.0 Å². The maximum absolute atomic E-state index is 14.3. The summed E-state index contributed by atoms with van der Waals surface area (Å²) >= 11 is 0. The third-order valence-electron chi connectivity index (χ3n) is 5.29. The third-order valence-corrected chi connectivity index (χ3v) is 5.29. The van der Waals surface area contributed by atoms with E-state index in [0.29, 0.717) is 37.1 Å². The highest BCUT2D eigenvalue weighted by Crippen LogP contribution is 2.55. The number of benzene rings is 1. The summed E-state index contributed by atoms with van der Waals surface area (Å²) in [5, 5.41) is 0. The van der Waals surface area contributed by atoms with Crippen LogP contribution in [0.15, 0.2) is 18.2 Å². The largest absolute Gasteiger partial charge is 0.465 e. The second kappa shape index (κ2) is 4.79. The van der Waals surface area contributed by atoms with Crippen molar-refractivity contribution in [2.45, 2.75) is 43.7 Å². The molecule has 1 aromatic rings. The molecule has 3 aliphatic rings. The Balaban J connectivity index is 1.66. The van der Waals surface area contributed by atoms with Crippen molar-refractivity contribution < 1.29 is 18.7 Å². The first kappa shape index (κ1) is 14.7. The number of fused-ring (bicyclic) bond motifs is 2. The molecule has 4 nitrogen and oxygen atoms in total. The van der Waals surface area contributed by atoms with Crippen LogP contribution in [0.25, 0.3) is 0 Å². The molecule has 0 radical (unpaired) electrons. The normalized spacial score (nSPS) is 22.7. The van der Waals surface area contributed by atoms with Crippen molar-refractivity contribution in [3.05, 3.63) is 34.9 Å². The average Bonchev–Trinajstić information content (AvgIpc) is 3.44. The van der Waals surface area contributed by atoms with Gasteiger partial charge >= 0.3 is 5.97 Å². The van der Waals surface area contributed by atoms with Crippen molar-refractivity contribution in [1.29, 1.82) is 0 Å². The summed E-state index contributed by atoms with van der Waals surface area (Å²) in [5.74, 6) is -0.529. The van der Waals surface area contributed by atoms with Crippen LogP contribution in [0.5, 0.6) is 0 Å². The molecule has 1 spiro atoms. The molecule has 23 heavy (non-hydrogen) atoms. The summed E-state index contributed by atoms with van der Waals surface area (Å²) < 4.78 is 19.3. The molecule has 0 N–H and O–H groups in total. The van der Waals surface area contributed by atoms with Gasteiger partial charge in [0.1, 0.15) is 12.2 Å².